The second-order valence-corrected chi connectivity index (χ2v) is 8.00. The van der Waals surface area contributed by atoms with Crippen molar-refractivity contribution in [1.29, 1.82) is 0 Å². The smallest absolute Gasteiger partial charge is 0.261 e. The standard InChI is InChI=1S/C18H24N2O2S2/c1-4-13(5-2)17(14-7-6-10-23-14)20-16(21)11-19-18(22)15-9-8-12(3)24-15/h6-10,13,17H,4-5,11H2,1-3H3,(H,19,22)(H,20,21). The van der Waals surface area contributed by atoms with Gasteiger partial charge in [-0.1, -0.05) is 32.8 Å². The normalized spacial score (nSPS) is 12.2. The third kappa shape index (κ3) is 4.92. The molecule has 2 aromatic rings. The Balaban J connectivity index is 1.94. The molecule has 2 N–H and O–H groups in total. The molecular formula is C18H24N2O2S2. The van der Waals surface area contributed by atoms with Gasteiger partial charge in [0.2, 0.25) is 5.91 Å². The number of carbonyl (C=O) groups is 2. The summed E-state index contributed by atoms with van der Waals surface area (Å²) in [5.74, 6) is 0.0450. The molecule has 0 aliphatic heterocycles. The van der Waals surface area contributed by atoms with Gasteiger partial charge >= 0.3 is 0 Å². The zero-order chi connectivity index (χ0) is 17.5. The largest absolute Gasteiger partial charge is 0.347 e. The summed E-state index contributed by atoms with van der Waals surface area (Å²) >= 11 is 3.09. The zero-order valence-electron chi connectivity index (χ0n) is 14.3. The highest BCUT2D eigenvalue weighted by molar-refractivity contribution is 7.13. The average Bonchev–Trinajstić information content (AvgIpc) is 3.24. The van der Waals surface area contributed by atoms with Crippen molar-refractivity contribution < 1.29 is 9.59 Å². The maximum atomic E-state index is 12.3. The van der Waals surface area contributed by atoms with Crippen LogP contribution in [0.1, 0.15) is 52.2 Å². The van der Waals surface area contributed by atoms with E-state index in [2.05, 4.69) is 30.5 Å². The first-order chi connectivity index (χ1) is 11.5. The minimum absolute atomic E-state index is 0.00218. The lowest BCUT2D eigenvalue weighted by atomic mass is 9.93. The van der Waals surface area contributed by atoms with Crippen molar-refractivity contribution in [3.8, 4) is 0 Å². The highest BCUT2D eigenvalue weighted by Gasteiger charge is 2.23. The molecule has 2 amide bonds. The summed E-state index contributed by atoms with van der Waals surface area (Å²) < 4.78 is 0. The van der Waals surface area contributed by atoms with E-state index in [0.717, 1.165) is 22.6 Å². The number of amides is 2. The Bertz CT molecular complexity index is 660. The first-order valence-corrected chi connectivity index (χ1v) is 9.92. The van der Waals surface area contributed by atoms with Crippen molar-refractivity contribution in [2.75, 3.05) is 6.54 Å². The van der Waals surface area contributed by atoms with Crippen LogP contribution in [-0.2, 0) is 4.79 Å². The van der Waals surface area contributed by atoms with Crippen molar-refractivity contribution in [2.45, 2.75) is 39.7 Å². The summed E-state index contributed by atoms with van der Waals surface area (Å²) in [4.78, 5) is 27.2. The Morgan fingerprint density at radius 2 is 1.92 bits per heavy atom. The molecule has 0 fully saturated rings. The quantitative estimate of drug-likeness (QED) is 0.739. The number of carbonyl (C=O) groups excluding carboxylic acids is 2. The van der Waals surface area contributed by atoms with Crippen molar-refractivity contribution in [2.24, 2.45) is 5.92 Å². The highest BCUT2D eigenvalue weighted by atomic mass is 32.1. The lowest BCUT2D eigenvalue weighted by Gasteiger charge is -2.25. The van der Waals surface area contributed by atoms with E-state index >= 15 is 0 Å². The Labute approximate surface area is 151 Å². The van der Waals surface area contributed by atoms with E-state index in [1.165, 1.54) is 11.3 Å². The third-order valence-corrected chi connectivity index (χ3v) is 6.01. The Kier molecular flexibility index (Phi) is 6.99. The van der Waals surface area contributed by atoms with Gasteiger partial charge in [0.15, 0.2) is 0 Å². The van der Waals surface area contributed by atoms with Crippen LogP contribution >= 0.6 is 22.7 Å². The van der Waals surface area contributed by atoms with Crippen LogP contribution in [0.25, 0.3) is 0 Å². The molecule has 0 bridgehead atoms. The van der Waals surface area contributed by atoms with Gasteiger partial charge in [0.05, 0.1) is 17.5 Å². The zero-order valence-corrected chi connectivity index (χ0v) is 15.9. The van der Waals surface area contributed by atoms with Gasteiger partial charge in [-0.3, -0.25) is 9.59 Å². The Morgan fingerprint density at radius 1 is 1.17 bits per heavy atom. The van der Waals surface area contributed by atoms with Crippen LogP contribution in [0.15, 0.2) is 29.6 Å². The summed E-state index contributed by atoms with van der Waals surface area (Å²) in [6.45, 7) is 6.23. The first-order valence-electron chi connectivity index (χ1n) is 8.22. The molecule has 1 unspecified atom stereocenters. The minimum atomic E-state index is -0.196. The molecule has 0 radical (unpaired) electrons. The SMILES string of the molecule is CCC(CC)C(NC(=O)CNC(=O)c1ccc(C)s1)c1cccs1. The van der Waals surface area contributed by atoms with Gasteiger partial charge in [-0.25, -0.2) is 0 Å². The molecule has 6 heteroatoms. The molecular weight excluding hydrogens is 340 g/mol. The lowest BCUT2D eigenvalue weighted by Crippen LogP contribution is -2.40. The maximum absolute atomic E-state index is 12.3. The van der Waals surface area contributed by atoms with Gasteiger partial charge in [-0.15, -0.1) is 22.7 Å². The minimum Gasteiger partial charge on any atom is -0.347 e. The summed E-state index contributed by atoms with van der Waals surface area (Å²) in [6, 6.07) is 7.75. The Morgan fingerprint density at radius 3 is 2.46 bits per heavy atom. The summed E-state index contributed by atoms with van der Waals surface area (Å²) in [7, 11) is 0. The maximum Gasteiger partial charge on any atom is 0.261 e. The molecule has 0 aliphatic rings. The number of rotatable bonds is 8. The molecule has 2 heterocycles. The summed E-state index contributed by atoms with van der Waals surface area (Å²) in [5.41, 5.74) is 0. The van der Waals surface area contributed by atoms with Gasteiger partial charge in [0, 0.05) is 9.75 Å². The molecule has 0 spiro atoms. The molecule has 0 saturated heterocycles. The Hall–Kier alpha value is -1.66. The third-order valence-electron chi connectivity index (χ3n) is 4.06. The number of aryl methyl sites for hydroxylation is 1. The fraction of sp³-hybridized carbons (Fsp3) is 0.444. The summed E-state index contributed by atoms with van der Waals surface area (Å²) in [5, 5.41) is 7.82. The predicted octanol–water partition coefficient (Wildman–Crippen LogP) is 4.14. The molecule has 2 rings (SSSR count). The molecule has 0 saturated carbocycles. The van der Waals surface area contributed by atoms with Crippen LogP contribution in [0.2, 0.25) is 0 Å². The topological polar surface area (TPSA) is 58.2 Å². The molecule has 2 aromatic heterocycles. The van der Waals surface area contributed by atoms with Gasteiger partial charge in [-0.2, -0.15) is 0 Å². The van der Waals surface area contributed by atoms with E-state index in [1.54, 1.807) is 17.4 Å². The highest BCUT2D eigenvalue weighted by Crippen LogP contribution is 2.30. The van der Waals surface area contributed by atoms with Crippen molar-refractivity contribution in [3.63, 3.8) is 0 Å². The van der Waals surface area contributed by atoms with Gasteiger partial charge in [-0.05, 0) is 36.4 Å². The molecule has 24 heavy (non-hydrogen) atoms. The van der Waals surface area contributed by atoms with E-state index in [0.29, 0.717) is 10.8 Å². The van der Waals surface area contributed by atoms with Crippen molar-refractivity contribution in [1.82, 2.24) is 10.6 Å². The van der Waals surface area contributed by atoms with E-state index in [-0.39, 0.29) is 24.4 Å². The van der Waals surface area contributed by atoms with Crippen LogP contribution in [0.5, 0.6) is 0 Å². The number of hydrogen-bond donors (Lipinski definition) is 2. The number of hydrogen-bond acceptors (Lipinski definition) is 4. The predicted molar refractivity (Wildman–Crippen MR) is 101 cm³/mol. The van der Waals surface area contributed by atoms with Crippen molar-refractivity contribution in [3.05, 3.63) is 44.3 Å². The summed E-state index contributed by atoms with van der Waals surface area (Å²) in [6.07, 6.45) is 2.00. The molecule has 0 aromatic carbocycles. The fourth-order valence-electron chi connectivity index (χ4n) is 2.68. The van der Waals surface area contributed by atoms with Gasteiger partial charge in [0.1, 0.15) is 0 Å². The molecule has 1 atom stereocenters. The van der Waals surface area contributed by atoms with Crippen molar-refractivity contribution >= 4 is 34.5 Å². The number of nitrogens with one attached hydrogen (secondary N) is 2. The van der Waals surface area contributed by atoms with Crippen LogP contribution in [0.4, 0.5) is 0 Å². The van der Waals surface area contributed by atoms with E-state index < -0.39 is 0 Å². The van der Waals surface area contributed by atoms with Crippen LogP contribution in [0, 0.1) is 12.8 Å². The van der Waals surface area contributed by atoms with Gasteiger partial charge in [0.25, 0.3) is 5.91 Å². The molecule has 4 nitrogen and oxygen atoms in total. The van der Waals surface area contributed by atoms with E-state index in [9.17, 15) is 9.59 Å². The second-order valence-electron chi connectivity index (χ2n) is 5.73. The van der Waals surface area contributed by atoms with E-state index in [1.807, 2.05) is 24.4 Å². The second kappa shape index (κ2) is 8.99. The number of thiophene rings is 2. The average molecular weight is 365 g/mol. The van der Waals surface area contributed by atoms with Crippen LogP contribution in [0.3, 0.4) is 0 Å². The molecule has 0 aliphatic carbocycles. The van der Waals surface area contributed by atoms with Gasteiger partial charge < -0.3 is 10.6 Å². The van der Waals surface area contributed by atoms with Crippen LogP contribution < -0.4 is 10.6 Å². The monoisotopic (exact) mass is 364 g/mol. The lowest BCUT2D eigenvalue weighted by molar-refractivity contribution is -0.121. The van der Waals surface area contributed by atoms with E-state index in [4.69, 9.17) is 0 Å². The first kappa shape index (κ1) is 18.7. The fourth-order valence-corrected chi connectivity index (χ4v) is 4.33. The van der Waals surface area contributed by atoms with Crippen LogP contribution in [-0.4, -0.2) is 18.4 Å². The molecule has 130 valence electrons.